The Bertz CT molecular complexity index is 1710. The Morgan fingerprint density at radius 2 is 1.84 bits per heavy atom. The number of carbonyl (C=O) groups excluding carboxylic acids is 3. The van der Waals surface area contributed by atoms with E-state index >= 15 is 0 Å². The van der Waals surface area contributed by atoms with Gasteiger partial charge in [0.05, 0.1) is 21.9 Å². The van der Waals surface area contributed by atoms with Gasteiger partial charge in [-0.05, 0) is 94.5 Å². The van der Waals surface area contributed by atoms with Crippen LogP contribution in [0.15, 0.2) is 73.3 Å². The molecule has 0 saturated carbocycles. The van der Waals surface area contributed by atoms with E-state index in [1.54, 1.807) is 17.0 Å². The van der Waals surface area contributed by atoms with Crippen LogP contribution in [0.25, 0.3) is 22.2 Å². The summed E-state index contributed by atoms with van der Waals surface area (Å²) >= 11 is 6.33. The number of H-pyrrole nitrogens is 1. The molecule has 4 aromatic rings. The molecule has 0 radical (unpaired) electrons. The number of anilines is 3. The third kappa shape index (κ3) is 8.09. The Morgan fingerprint density at radius 1 is 1.07 bits per heavy atom. The smallest absolute Gasteiger partial charge is 0.251 e. The molecule has 1 aromatic heterocycles. The number of amides is 3. The van der Waals surface area contributed by atoms with E-state index in [9.17, 15) is 14.4 Å². The summed E-state index contributed by atoms with van der Waals surface area (Å²) in [5.41, 5.74) is 4.71. The highest BCUT2D eigenvalue weighted by Crippen LogP contribution is 2.32. The van der Waals surface area contributed by atoms with Crippen LogP contribution in [-0.4, -0.2) is 77.5 Å². The van der Waals surface area contributed by atoms with Gasteiger partial charge in [0.25, 0.3) is 5.91 Å². The van der Waals surface area contributed by atoms with Crippen molar-refractivity contribution in [1.29, 1.82) is 0 Å². The van der Waals surface area contributed by atoms with Crippen molar-refractivity contribution in [3.8, 4) is 11.3 Å². The highest BCUT2D eigenvalue weighted by Gasteiger charge is 2.24. The Morgan fingerprint density at radius 3 is 2.58 bits per heavy atom. The summed E-state index contributed by atoms with van der Waals surface area (Å²) in [6.45, 7) is 5.46. The number of carbonyl (C=O) groups is 3. The third-order valence-electron chi connectivity index (χ3n) is 7.79. The van der Waals surface area contributed by atoms with Gasteiger partial charge >= 0.3 is 0 Å². The summed E-state index contributed by atoms with van der Waals surface area (Å²) in [6, 6.07) is 18.6. The molecule has 1 aliphatic rings. The molecule has 234 valence electrons. The monoisotopic (exact) mass is 627 g/mol. The van der Waals surface area contributed by atoms with Gasteiger partial charge in [0.2, 0.25) is 11.8 Å². The normalized spacial score (nSPS) is 13.6. The Hall–Kier alpha value is -4.67. The van der Waals surface area contributed by atoms with Crippen LogP contribution in [0.5, 0.6) is 0 Å². The van der Waals surface area contributed by atoms with Crippen LogP contribution in [-0.2, 0) is 9.59 Å². The third-order valence-corrected chi connectivity index (χ3v) is 8.12. The number of para-hydroxylation sites is 1. The van der Waals surface area contributed by atoms with Crippen molar-refractivity contribution in [2.75, 3.05) is 44.4 Å². The van der Waals surface area contributed by atoms with E-state index in [-0.39, 0.29) is 23.8 Å². The molecule has 0 unspecified atom stereocenters. The van der Waals surface area contributed by atoms with Gasteiger partial charge < -0.3 is 25.8 Å². The molecule has 1 aliphatic heterocycles. The largest absolute Gasteiger partial charge is 0.354 e. The number of hydrogen-bond acceptors (Lipinski definition) is 6. The molecule has 0 atom stereocenters. The number of aromatic nitrogens is 2. The first kappa shape index (κ1) is 31.7. The molecule has 2 heterocycles. The maximum atomic E-state index is 13.5. The van der Waals surface area contributed by atoms with Crippen molar-refractivity contribution in [2.24, 2.45) is 0 Å². The number of hydrogen-bond donors (Lipinski definition) is 4. The summed E-state index contributed by atoms with van der Waals surface area (Å²) < 4.78 is 0. The van der Waals surface area contributed by atoms with Gasteiger partial charge in [0.1, 0.15) is 0 Å². The van der Waals surface area contributed by atoms with Crippen LogP contribution in [0.2, 0.25) is 5.02 Å². The molecule has 0 bridgehead atoms. The molecule has 0 spiro atoms. The van der Waals surface area contributed by atoms with Crippen LogP contribution < -0.4 is 16.0 Å². The van der Waals surface area contributed by atoms with E-state index in [2.05, 4.69) is 32.7 Å². The second kappa shape index (κ2) is 14.4. The summed E-state index contributed by atoms with van der Waals surface area (Å²) in [5.74, 6) is -0.474. The van der Waals surface area contributed by atoms with Crippen LogP contribution in [0.3, 0.4) is 0 Å². The van der Waals surface area contributed by atoms with E-state index in [0.29, 0.717) is 66.3 Å². The first-order valence-corrected chi connectivity index (χ1v) is 15.4. The fourth-order valence-electron chi connectivity index (χ4n) is 5.42. The lowest BCUT2D eigenvalue weighted by atomic mass is 10.0. The number of nitrogens with zero attached hydrogens (tertiary/aromatic N) is 3. The average molecular weight is 628 g/mol. The lowest BCUT2D eigenvalue weighted by molar-refractivity contribution is -0.127. The van der Waals surface area contributed by atoms with Gasteiger partial charge in [0.15, 0.2) is 0 Å². The highest BCUT2D eigenvalue weighted by atomic mass is 35.5. The number of halogens is 1. The summed E-state index contributed by atoms with van der Waals surface area (Å²) in [6.07, 6.45) is 3.69. The molecule has 5 rings (SSSR count). The van der Waals surface area contributed by atoms with Crippen LogP contribution >= 0.6 is 11.6 Å². The predicted molar refractivity (Wildman–Crippen MR) is 180 cm³/mol. The van der Waals surface area contributed by atoms with Gasteiger partial charge in [-0.1, -0.05) is 30.3 Å². The first-order chi connectivity index (χ1) is 21.7. The van der Waals surface area contributed by atoms with Gasteiger partial charge in [-0.2, -0.15) is 5.10 Å². The Kier molecular flexibility index (Phi) is 10.2. The molecule has 3 amide bonds. The lowest BCUT2D eigenvalue weighted by Crippen LogP contribution is -2.46. The van der Waals surface area contributed by atoms with Crippen molar-refractivity contribution in [1.82, 2.24) is 25.3 Å². The first-order valence-electron chi connectivity index (χ1n) is 15.0. The number of rotatable bonds is 11. The zero-order valence-corrected chi connectivity index (χ0v) is 26.3. The molecule has 11 heteroatoms. The van der Waals surface area contributed by atoms with Crippen molar-refractivity contribution in [3.05, 3.63) is 83.9 Å². The van der Waals surface area contributed by atoms with E-state index in [1.165, 1.54) is 6.08 Å². The minimum atomic E-state index is -0.250. The number of likely N-dealkylation sites (tertiary alicyclic amines) is 1. The number of benzene rings is 3. The Labute approximate surface area is 267 Å². The maximum Gasteiger partial charge on any atom is 0.251 e. The van der Waals surface area contributed by atoms with Crippen molar-refractivity contribution < 1.29 is 14.4 Å². The summed E-state index contributed by atoms with van der Waals surface area (Å²) in [5, 5.41) is 18.6. The molecular formula is C34H38ClN7O3. The second-order valence-electron chi connectivity index (χ2n) is 11.5. The fourth-order valence-corrected chi connectivity index (χ4v) is 5.61. The summed E-state index contributed by atoms with van der Waals surface area (Å²) in [7, 11) is 3.94. The number of piperidine rings is 1. The molecule has 10 nitrogen and oxygen atoms in total. The van der Waals surface area contributed by atoms with Crippen LogP contribution in [0.1, 0.15) is 36.0 Å². The number of nitrogens with one attached hydrogen (secondary N) is 4. The summed E-state index contributed by atoms with van der Waals surface area (Å²) in [4.78, 5) is 42.1. The van der Waals surface area contributed by atoms with Gasteiger partial charge in [-0.15, -0.1) is 0 Å². The van der Waals surface area contributed by atoms with Crippen molar-refractivity contribution in [3.63, 3.8) is 0 Å². The zero-order valence-electron chi connectivity index (χ0n) is 25.5. The number of aromatic amines is 1. The van der Waals surface area contributed by atoms with Gasteiger partial charge in [-0.25, -0.2) is 0 Å². The molecule has 4 N–H and O–H groups in total. The van der Waals surface area contributed by atoms with Gasteiger partial charge in [0, 0.05) is 53.4 Å². The standard InChI is InChI=1S/C34H38ClN7O3/c1-4-32(44)42-16-13-24(14-17-42)38-34(45)23-18-22(19-26(20-23)37-31(43)10-7-15-41(2)3)33-27-12-11-25(21-30(27)39-40-33)36-29-9-6-5-8-28(29)35/h4-6,8-9,11-12,18-21,24,36H,1,7,10,13-17H2,2-3H3,(H,37,43)(H,38,45)(H,39,40). The molecule has 3 aromatic carbocycles. The van der Waals surface area contributed by atoms with E-state index in [4.69, 9.17) is 11.6 Å². The van der Waals surface area contributed by atoms with Crippen LogP contribution in [0.4, 0.5) is 17.1 Å². The highest BCUT2D eigenvalue weighted by molar-refractivity contribution is 6.33. The average Bonchev–Trinajstić information content (AvgIpc) is 3.45. The topological polar surface area (TPSA) is 122 Å². The fraction of sp³-hybridized carbons (Fsp3) is 0.294. The molecule has 1 saturated heterocycles. The van der Waals surface area contributed by atoms with Gasteiger partial charge in [-0.3, -0.25) is 19.5 Å². The quantitative estimate of drug-likeness (QED) is 0.156. The van der Waals surface area contributed by atoms with E-state index in [1.807, 2.05) is 67.5 Å². The molecule has 45 heavy (non-hydrogen) atoms. The molecule has 0 aliphatic carbocycles. The second-order valence-corrected chi connectivity index (χ2v) is 11.9. The molecule has 1 fully saturated rings. The predicted octanol–water partition coefficient (Wildman–Crippen LogP) is 5.81. The Balaban J connectivity index is 1.39. The van der Waals surface area contributed by atoms with Crippen molar-refractivity contribution in [2.45, 2.75) is 31.7 Å². The lowest BCUT2D eigenvalue weighted by Gasteiger charge is -2.31. The minimum Gasteiger partial charge on any atom is -0.354 e. The van der Waals surface area contributed by atoms with Crippen LogP contribution in [0, 0.1) is 0 Å². The minimum absolute atomic E-state index is 0.0747. The molecular weight excluding hydrogens is 590 g/mol. The SMILES string of the molecule is C=CC(=O)N1CCC(NC(=O)c2cc(NC(=O)CCCN(C)C)cc(-c3n[nH]c4cc(Nc5ccccc5Cl)ccc34)c2)CC1. The van der Waals surface area contributed by atoms with E-state index in [0.717, 1.165) is 28.8 Å². The maximum absolute atomic E-state index is 13.5. The van der Waals surface area contributed by atoms with Crippen molar-refractivity contribution >= 4 is 57.3 Å². The van der Waals surface area contributed by atoms with E-state index < -0.39 is 0 Å². The zero-order chi connectivity index (χ0) is 31.9. The number of fused-ring (bicyclic) bond motifs is 1.